The summed E-state index contributed by atoms with van der Waals surface area (Å²) in [4.78, 5) is 25.6. The third-order valence-electron chi connectivity index (χ3n) is 5.71. The molecule has 1 aliphatic carbocycles. The first-order chi connectivity index (χ1) is 16.1. The zero-order valence-electron chi connectivity index (χ0n) is 18.1. The maximum atomic E-state index is 12.8. The van der Waals surface area contributed by atoms with Gasteiger partial charge < -0.3 is 35.0 Å². The number of phenolic OH excluding ortho intramolecular Hbond substituents is 5. The fraction of sp³-hybridized carbons (Fsp3) is 0.200. The first-order valence-corrected chi connectivity index (χ1v) is 10.4. The number of carbonyl (C=O) groups excluding carboxylic acids is 2. The summed E-state index contributed by atoms with van der Waals surface area (Å²) in [6, 6.07) is 11.8. The van der Waals surface area contributed by atoms with Crippen molar-refractivity contribution in [2.45, 2.75) is 32.0 Å². The molecule has 1 aliphatic rings. The molecule has 0 aliphatic heterocycles. The fourth-order valence-electron chi connectivity index (χ4n) is 3.90. The Hall–Kier alpha value is -4.40. The molecule has 0 radical (unpaired) electrons. The van der Waals surface area contributed by atoms with Crippen molar-refractivity contribution in [3.05, 3.63) is 76.3 Å². The lowest BCUT2D eigenvalue weighted by atomic mass is 9.87. The average molecular weight is 466 g/mol. The second-order valence-corrected chi connectivity index (χ2v) is 8.09. The van der Waals surface area contributed by atoms with Crippen LogP contribution in [0.25, 0.3) is 0 Å². The highest BCUT2D eigenvalue weighted by Crippen LogP contribution is 2.36. The molecule has 0 heterocycles. The Labute approximate surface area is 194 Å². The SMILES string of the molecule is Cc1cc(C(=O)O[C@@H]2Cc3ccccc3C[C@@H]2OC(=O)c2cc(O)c(O)c(O)c2)cc(O)c1O. The monoisotopic (exact) mass is 466 g/mol. The molecule has 0 unspecified atom stereocenters. The molecule has 0 amide bonds. The van der Waals surface area contributed by atoms with Crippen LogP contribution in [0, 0.1) is 6.92 Å². The number of hydrogen-bond acceptors (Lipinski definition) is 9. The lowest BCUT2D eigenvalue weighted by Crippen LogP contribution is -2.41. The van der Waals surface area contributed by atoms with Gasteiger partial charge in [-0.15, -0.1) is 0 Å². The molecule has 0 aromatic heterocycles. The van der Waals surface area contributed by atoms with Gasteiger partial charge in [0.1, 0.15) is 12.2 Å². The highest BCUT2D eigenvalue weighted by molar-refractivity contribution is 5.92. The van der Waals surface area contributed by atoms with Gasteiger partial charge in [0, 0.05) is 12.8 Å². The van der Waals surface area contributed by atoms with Crippen molar-refractivity contribution in [3.63, 3.8) is 0 Å². The van der Waals surface area contributed by atoms with Gasteiger partial charge in [0.15, 0.2) is 28.7 Å². The maximum Gasteiger partial charge on any atom is 0.338 e. The molecule has 176 valence electrons. The number of esters is 2. The first-order valence-electron chi connectivity index (χ1n) is 10.4. The van der Waals surface area contributed by atoms with Crippen molar-refractivity contribution in [3.8, 4) is 28.7 Å². The predicted octanol–water partition coefficient (Wildman–Crippen LogP) is 3.07. The molecule has 5 N–H and O–H groups in total. The second kappa shape index (κ2) is 8.86. The standard InChI is InChI=1S/C25H22O9/c1-12-6-15(7-17(26)22(12)29)24(31)33-20-10-13-4-2-3-5-14(13)11-21(20)34-25(32)16-8-18(27)23(30)19(28)9-16/h2-9,20-21,26-30H,10-11H2,1H3/t20-,21+/m1/s1. The topological polar surface area (TPSA) is 154 Å². The minimum absolute atomic E-state index is 0.0186. The first kappa shape index (κ1) is 22.8. The van der Waals surface area contributed by atoms with Gasteiger partial charge in [-0.1, -0.05) is 24.3 Å². The largest absolute Gasteiger partial charge is 0.504 e. The van der Waals surface area contributed by atoms with Gasteiger partial charge in [0.2, 0.25) is 0 Å². The van der Waals surface area contributed by atoms with E-state index >= 15 is 0 Å². The Bertz CT molecular complexity index is 1140. The number of phenols is 5. The van der Waals surface area contributed by atoms with Crippen molar-refractivity contribution in [2.75, 3.05) is 0 Å². The molecule has 3 aromatic rings. The summed E-state index contributed by atoms with van der Waals surface area (Å²) in [5.41, 5.74) is 1.93. The minimum Gasteiger partial charge on any atom is -0.504 e. The Morgan fingerprint density at radius 1 is 0.706 bits per heavy atom. The summed E-state index contributed by atoms with van der Waals surface area (Å²) in [5, 5.41) is 48.5. The Morgan fingerprint density at radius 3 is 1.56 bits per heavy atom. The number of aryl methyl sites for hydroxylation is 1. The van der Waals surface area contributed by atoms with Gasteiger partial charge in [-0.25, -0.2) is 9.59 Å². The van der Waals surface area contributed by atoms with E-state index in [9.17, 15) is 35.1 Å². The molecule has 0 spiro atoms. The molecular weight excluding hydrogens is 444 g/mol. The third-order valence-corrected chi connectivity index (χ3v) is 5.71. The van der Waals surface area contributed by atoms with Crippen LogP contribution >= 0.6 is 0 Å². The van der Waals surface area contributed by atoms with Gasteiger partial charge in [-0.05, 0) is 47.9 Å². The minimum atomic E-state index is -0.894. The third kappa shape index (κ3) is 4.40. The normalized spacial score (nSPS) is 17.0. The Morgan fingerprint density at radius 2 is 1.12 bits per heavy atom. The van der Waals surface area contributed by atoms with E-state index in [1.807, 2.05) is 24.3 Å². The van der Waals surface area contributed by atoms with Crippen LogP contribution in [0.15, 0.2) is 48.5 Å². The van der Waals surface area contributed by atoms with Crippen molar-refractivity contribution in [1.29, 1.82) is 0 Å². The molecule has 0 bridgehead atoms. The van der Waals surface area contributed by atoms with E-state index in [-0.39, 0.29) is 35.3 Å². The molecule has 9 heteroatoms. The van der Waals surface area contributed by atoms with E-state index in [4.69, 9.17) is 9.47 Å². The molecule has 2 atom stereocenters. The summed E-state index contributed by atoms with van der Waals surface area (Å²) in [5.74, 6) is -4.61. The highest BCUT2D eigenvalue weighted by atomic mass is 16.6. The molecule has 34 heavy (non-hydrogen) atoms. The van der Waals surface area contributed by atoms with Crippen molar-refractivity contribution < 1.29 is 44.6 Å². The van der Waals surface area contributed by atoms with Crippen LogP contribution in [0.1, 0.15) is 37.4 Å². The van der Waals surface area contributed by atoms with Crippen molar-refractivity contribution in [2.24, 2.45) is 0 Å². The lowest BCUT2D eigenvalue weighted by molar-refractivity contribution is -0.0389. The molecule has 0 saturated heterocycles. The molecule has 4 rings (SSSR count). The van der Waals surface area contributed by atoms with E-state index in [0.29, 0.717) is 0 Å². The summed E-state index contributed by atoms with van der Waals surface area (Å²) < 4.78 is 11.2. The van der Waals surface area contributed by atoms with Gasteiger partial charge in [0.25, 0.3) is 0 Å². The zero-order chi connectivity index (χ0) is 24.6. The second-order valence-electron chi connectivity index (χ2n) is 8.09. The lowest BCUT2D eigenvalue weighted by Gasteiger charge is -2.32. The summed E-state index contributed by atoms with van der Waals surface area (Å²) in [6.45, 7) is 1.52. The van der Waals surface area contributed by atoms with Crippen LogP contribution < -0.4 is 0 Å². The molecule has 3 aromatic carbocycles. The van der Waals surface area contributed by atoms with Gasteiger partial charge in [0.05, 0.1) is 11.1 Å². The number of rotatable bonds is 4. The van der Waals surface area contributed by atoms with Crippen LogP contribution in [0.5, 0.6) is 28.7 Å². The Kier molecular flexibility index (Phi) is 5.93. The fourth-order valence-corrected chi connectivity index (χ4v) is 3.90. The van der Waals surface area contributed by atoms with Crippen LogP contribution in [0.4, 0.5) is 0 Å². The average Bonchev–Trinajstić information content (AvgIpc) is 2.80. The summed E-state index contributed by atoms with van der Waals surface area (Å²) in [6.07, 6.45) is -1.26. The highest BCUT2D eigenvalue weighted by Gasteiger charge is 2.35. The van der Waals surface area contributed by atoms with Crippen LogP contribution in [0.2, 0.25) is 0 Å². The van der Waals surface area contributed by atoms with E-state index < -0.39 is 47.1 Å². The quantitative estimate of drug-likeness (QED) is 0.288. The van der Waals surface area contributed by atoms with Crippen molar-refractivity contribution in [1.82, 2.24) is 0 Å². The van der Waals surface area contributed by atoms with Gasteiger partial charge >= 0.3 is 11.9 Å². The number of aromatic hydroxyl groups is 5. The smallest absolute Gasteiger partial charge is 0.338 e. The van der Waals surface area contributed by atoms with Crippen LogP contribution in [-0.4, -0.2) is 49.7 Å². The van der Waals surface area contributed by atoms with Crippen molar-refractivity contribution >= 4 is 11.9 Å². The Balaban J connectivity index is 1.60. The number of benzene rings is 3. The number of hydrogen-bond donors (Lipinski definition) is 5. The molecular formula is C25H22O9. The molecule has 0 fully saturated rings. The number of ether oxygens (including phenoxy) is 2. The summed E-state index contributed by atoms with van der Waals surface area (Å²) in [7, 11) is 0. The molecule has 9 nitrogen and oxygen atoms in total. The van der Waals surface area contributed by atoms with E-state index in [0.717, 1.165) is 29.3 Å². The van der Waals surface area contributed by atoms with Crippen LogP contribution in [0.3, 0.4) is 0 Å². The van der Waals surface area contributed by atoms with Crippen LogP contribution in [-0.2, 0) is 22.3 Å². The van der Waals surface area contributed by atoms with E-state index in [2.05, 4.69) is 0 Å². The predicted molar refractivity (Wildman–Crippen MR) is 118 cm³/mol. The summed E-state index contributed by atoms with van der Waals surface area (Å²) >= 11 is 0. The van der Waals surface area contributed by atoms with Gasteiger partial charge in [-0.2, -0.15) is 0 Å². The number of fused-ring (bicyclic) bond motifs is 1. The van der Waals surface area contributed by atoms with E-state index in [1.54, 1.807) is 0 Å². The van der Waals surface area contributed by atoms with E-state index in [1.165, 1.54) is 13.0 Å². The zero-order valence-corrected chi connectivity index (χ0v) is 18.1. The number of carbonyl (C=O) groups is 2. The molecule has 0 saturated carbocycles. The maximum absolute atomic E-state index is 12.8. The van der Waals surface area contributed by atoms with Gasteiger partial charge in [-0.3, -0.25) is 0 Å².